The first-order valence-corrected chi connectivity index (χ1v) is 8.91. The van der Waals surface area contributed by atoms with E-state index < -0.39 is 5.82 Å². The molecule has 3 aromatic rings. The van der Waals surface area contributed by atoms with Crippen LogP contribution in [0.2, 0.25) is 5.02 Å². The molecule has 0 bridgehead atoms. The van der Waals surface area contributed by atoms with E-state index in [1.54, 1.807) is 20.2 Å². The van der Waals surface area contributed by atoms with Gasteiger partial charge in [-0.2, -0.15) is 0 Å². The molecule has 4 nitrogen and oxygen atoms in total. The van der Waals surface area contributed by atoms with Crippen molar-refractivity contribution in [2.24, 2.45) is 4.99 Å². The number of aliphatic imine (C=N–C) groups is 1. The number of fused-ring (bicyclic) bond motifs is 1. The summed E-state index contributed by atoms with van der Waals surface area (Å²) in [6, 6.07) is 4.97. The van der Waals surface area contributed by atoms with Gasteiger partial charge in [-0.1, -0.05) is 17.2 Å². The first kappa shape index (κ1) is 19.1. The molecular weight excluding hydrogens is 365 g/mol. The summed E-state index contributed by atoms with van der Waals surface area (Å²) in [6.45, 7) is 4.08. The highest BCUT2D eigenvalue weighted by Crippen LogP contribution is 2.33. The number of methoxy groups -OCH3 is 1. The van der Waals surface area contributed by atoms with Gasteiger partial charge in [0.15, 0.2) is 0 Å². The van der Waals surface area contributed by atoms with Crippen molar-refractivity contribution in [3.8, 4) is 5.75 Å². The van der Waals surface area contributed by atoms with Crippen LogP contribution in [0.15, 0.2) is 41.2 Å². The Bertz CT molecular complexity index is 1050. The maximum absolute atomic E-state index is 14.0. The second kappa shape index (κ2) is 7.92. The number of hydrogen-bond acceptors (Lipinski definition) is 3. The summed E-state index contributed by atoms with van der Waals surface area (Å²) < 4.78 is 19.3. The lowest BCUT2D eigenvalue weighted by Crippen LogP contribution is -1.97. The van der Waals surface area contributed by atoms with Crippen LogP contribution in [0.4, 0.5) is 4.39 Å². The van der Waals surface area contributed by atoms with Gasteiger partial charge in [0.05, 0.1) is 12.1 Å². The number of ether oxygens (including phenoxy) is 1. The van der Waals surface area contributed by atoms with E-state index in [4.69, 9.17) is 16.3 Å². The standard InChI is InChI=1S/C21H21ClFN3O/c1-12(2)17(11-24-3)14-7-15-13(9-25-21(15)26-10-14)8-16-19(27-4)6-5-18(23)20(16)22/h5-7,9-11H,8H2,1-4H3,(H,25,26). The van der Waals surface area contributed by atoms with E-state index in [0.717, 1.165) is 33.3 Å². The van der Waals surface area contributed by atoms with Crippen LogP contribution >= 0.6 is 11.6 Å². The SMILES string of the molecule is CN=CC(=C(C)C)c1cnc2[nH]cc(Cc3c(OC)ccc(F)c3Cl)c2c1. The van der Waals surface area contributed by atoms with E-state index in [1.165, 1.54) is 6.07 Å². The second-order valence-corrected chi connectivity index (χ2v) is 6.83. The van der Waals surface area contributed by atoms with Gasteiger partial charge < -0.3 is 9.72 Å². The van der Waals surface area contributed by atoms with Gasteiger partial charge in [0.1, 0.15) is 17.2 Å². The van der Waals surface area contributed by atoms with Gasteiger partial charge in [0, 0.05) is 48.6 Å². The Kier molecular flexibility index (Phi) is 5.61. The van der Waals surface area contributed by atoms with Gasteiger partial charge in [0.2, 0.25) is 0 Å². The number of nitrogens with one attached hydrogen (secondary N) is 1. The Morgan fingerprint density at radius 1 is 1.37 bits per heavy atom. The molecule has 1 aromatic carbocycles. The summed E-state index contributed by atoms with van der Waals surface area (Å²) in [5.41, 5.74) is 5.50. The van der Waals surface area contributed by atoms with Crippen LogP contribution in [0, 0.1) is 5.82 Å². The normalized spacial score (nSPS) is 11.3. The van der Waals surface area contributed by atoms with Crippen LogP contribution in [-0.2, 0) is 6.42 Å². The molecule has 0 amide bonds. The van der Waals surface area contributed by atoms with E-state index in [1.807, 2.05) is 32.5 Å². The summed E-state index contributed by atoms with van der Waals surface area (Å²) in [4.78, 5) is 11.8. The predicted molar refractivity (Wildman–Crippen MR) is 110 cm³/mol. The molecule has 0 aliphatic heterocycles. The summed E-state index contributed by atoms with van der Waals surface area (Å²) in [7, 11) is 3.29. The zero-order valence-corrected chi connectivity index (χ0v) is 16.5. The highest BCUT2D eigenvalue weighted by atomic mass is 35.5. The molecule has 0 radical (unpaired) electrons. The lowest BCUT2D eigenvalue weighted by atomic mass is 10.00. The van der Waals surface area contributed by atoms with Gasteiger partial charge in [-0.05, 0) is 43.2 Å². The van der Waals surface area contributed by atoms with Gasteiger partial charge in [0.25, 0.3) is 0 Å². The molecule has 0 spiro atoms. The molecule has 27 heavy (non-hydrogen) atoms. The van der Waals surface area contributed by atoms with Crippen LogP contribution < -0.4 is 4.74 Å². The highest BCUT2D eigenvalue weighted by molar-refractivity contribution is 6.31. The quantitative estimate of drug-likeness (QED) is 0.594. The van der Waals surface area contributed by atoms with E-state index in [0.29, 0.717) is 17.7 Å². The van der Waals surface area contributed by atoms with Gasteiger partial charge in [-0.15, -0.1) is 0 Å². The molecule has 0 unspecified atom stereocenters. The first-order chi connectivity index (χ1) is 13.0. The zero-order valence-electron chi connectivity index (χ0n) is 15.7. The van der Waals surface area contributed by atoms with Crippen molar-refractivity contribution in [2.75, 3.05) is 14.2 Å². The molecule has 0 atom stereocenters. The number of allylic oxidation sites excluding steroid dienone is 2. The molecular formula is C21H21ClFN3O. The van der Waals surface area contributed by atoms with Crippen molar-refractivity contribution in [1.82, 2.24) is 9.97 Å². The maximum atomic E-state index is 14.0. The third kappa shape index (κ3) is 3.74. The van der Waals surface area contributed by atoms with E-state index in [9.17, 15) is 4.39 Å². The molecule has 0 aliphatic carbocycles. The number of hydrogen-bond donors (Lipinski definition) is 1. The predicted octanol–water partition coefficient (Wildman–Crippen LogP) is 5.45. The molecule has 0 aliphatic rings. The number of aromatic nitrogens is 2. The molecule has 0 fully saturated rings. The number of pyridine rings is 1. The lowest BCUT2D eigenvalue weighted by Gasteiger charge is -2.11. The number of halogens is 2. The average Bonchev–Trinajstić information content (AvgIpc) is 3.05. The van der Waals surface area contributed by atoms with Crippen molar-refractivity contribution in [2.45, 2.75) is 20.3 Å². The summed E-state index contributed by atoms with van der Waals surface area (Å²) in [6.07, 6.45) is 5.95. The molecule has 6 heteroatoms. The van der Waals surface area contributed by atoms with Crippen molar-refractivity contribution in [3.63, 3.8) is 0 Å². The average molecular weight is 386 g/mol. The van der Waals surface area contributed by atoms with Crippen LogP contribution in [-0.4, -0.2) is 30.3 Å². The van der Waals surface area contributed by atoms with Crippen LogP contribution in [0.3, 0.4) is 0 Å². The molecule has 3 rings (SSSR count). The van der Waals surface area contributed by atoms with Gasteiger partial charge in [-0.3, -0.25) is 4.99 Å². The van der Waals surface area contributed by atoms with Crippen LogP contribution in [0.5, 0.6) is 5.75 Å². The second-order valence-electron chi connectivity index (χ2n) is 6.45. The number of benzene rings is 1. The van der Waals surface area contributed by atoms with Crippen molar-refractivity contribution < 1.29 is 9.13 Å². The topological polar surface area (TPSA) is 50.3 Å². The third-order valence-electron chi connectivity index (χ3n) is 4.46. The van der Waals surface area contributed by atoms with Crippen LogP contribution in [0.25, 0.3) is 16.6 Å². The molecule has 2 heterocycles. The minimum atomic E-state index is -0.461. The summed E-state index contributed by atoms with van der Waals surface area (Å²) >= 11 is 6.20. The minimum absolute atomic E-state index is 0.0796. The van der Waals surface area contributed by atoms with E-state index >= 15 is 0 Å². The number of aromatic amines is 1. The smallest absolute Gasteiger partial charge is 0.142 e. The Morgan fingerprint density at radius 3 is 2.81 bits per heavy atom. The Labute approximate surface area is 162 Å². The van der Waals surface area contributed by atoms with E-state index in [2.05, 4.69) is 21.0 Å². The fourth-order valence-corrected chi connectivity index (χ4v) is 3.32. The molecule has 140 valence electrons. The minimum Gasteiger partial charge on any atom is -0.496 e. The van der Waals surface area contributed by atoms with Crippen molar-refractivity contribution >= 4 is 34.4 Å². The largest absolute Gasteiger partial charge is 0.496 e. The fraction of sp³-hybridized carbons (Fsp3) is 0.238. The molecule has 1 N–H and O–H groups in total. The molecule has 0 saturated carbocycles. The fourth-order valence-electron chi connectivity index (χ4n) is 3.09. The highest BCUT2D eigenvalue weighted by Gasteiger charge is 2.16. The summed E-state index contributed by atoms with van der Waals surface area (Å²) in [5.74, 6) is 0.0973. The first-order valence-electron chi connectivity index (χ1n) is 8.53. The Morgan fingerprint density at radius 2 is 2.15 bits per heavy atom. The van der Waals surface area contributed by atoms with Crippen molar-refractivity contribution in [1.29, 1.82) is 0 Å². The monoisotopic (exact) mass is 385 g/mol. The zero-order chi connectivity index (χ0) is 19.6. The summed E-state index contributed by atoms with van der Waals surface area (Å²) in [5, 5.41) is 1.04. The lowest BCUT2D eigenvalue weighted by molar-refractivity contribution is 0.409. The molecule has 0 saturated heterocycles. The number of nitrogens with zero attached hydrogens (tertiary/aromatic N) is 2. The molecule has 2 aromatic heterocycles. The van der Waals surface area contributed by atoms with E-state index in [-0.39, 0.29) is 5.02 Å². The van der Waals surface area contributed by atoms with Crippen molar-refractivity contribution in [3.05, 3.63) is 63.7 Å². The maximum Gasteiger partial charge on any atom is 0.142 e. The Balaban J connectivity index is 2.11. The van der Waals surface area contributed by atoms with Gasteiger partial charge in [-0.25, -0.2) is 9.37 Å². The van der Waals surface area contributed by atoms with Gasteiger partial charge >= 0.3 is 0 Å². The third-order valence-corrected chi connectivity index (χ3v) is 4.87. The van der Waals surface area contributed by atoms with Crippen LogP contribution in [0.1, 0.15) is 30.5 Å². The number of rotatable bonds is 5. The Hall–Kier alpha value is -2.66. The number of H-pyrrole nitrogens is 1.